The van der Waals surface area contributed by atoms with Gasteiger partial charge in [0.15, 0.2) is 23.0 Å². The summed E-state index contributed by atoms with van der Waals surface area (Å²) >= 11 is 0. The van der Waals surface area contributed by atoms with Gasteiger partial charge in [0, 0.05) is 6.07 Å². The van der Waals surface area contributed by atoms with E-state index >= 15 is 0 Å². The molecule has 1 aliphatic heterocycles. The summed E-state index contributed by atoms with van der Waals surface area (Å²) in [6.07, 6.45) is 0. The topological polar surface area (TPSA) is 76.4 Å². The van der Waals surface area contributed by atoms with Crippen LogP contribution in [0.5, 0.6) is 28.7 Å². The molecule has 4 rings (SSSR count). The third-order valence-electron chi connectivity index (χ3n) is 3.97. The maximum atomic E-state index is 13.1. The fraction of sp³-hybridized carbons (Fsp3) is 0.235. The summed E-state index contributed by atoms with van der Waals surface area (Å²) in [5, 5.41) is 0.564. The molecular formula is C17H14O7. The molecule has 1 aliphatic rings. The lowest BCUT2D eigenvalue weighted by Gasteiger charge is -2.14. The summed E-state index contributed by atoms with van der Waals surface area (Å²) in [7, 11) is 4.43. The second-order valence-corrected chi connectivity index (χ2v) is 5.12. The highest BCUT2D eigenvalue weighted by Crippen LogP contribution is 2.44. The van der Waals surface area contributed by atoms with E-state index in [0.717, 1.165) is 0 Å². The summed E-state index contributed by atoms with van der Waals surface area (Å²) in [5.74, 6) is 1.86. The number of methoxy groups -OCH3 is 3. The smallest absolute Gasteiger partial charge is 0.231 e. The molecular weight excluding hydrogens is 316 g/mol. The SMILES string of the molecule is COc1cc2oc3ccc4c(c3c(=O)c2c(OC)c1OC)OCO4. The fourth-order valence-electron chi connectivity index (χ4n) is 2.93. The van der Waals surface area contributed by atoms with Gasteiger partial charge in [0.05, 0.1) is 21.3 Å². The molecule has 0 atom stereocenters. The summed E-state index contributed by atoms with van der Waals surface area (Å²) in [5.41, 5.74) is 0.443. The summed E-state index contributed by atoms with van der Waals surface area (Å²) in [6, 6.07) is 4.98. The number of fused-ring (bicyclic) bond motifs is 4. The lowest BCUT2D eigenvalue weighted by molar-refractivity contribution is 0.175. The summed E-state index contributed by atoms with van der Waals surface area (Å²) < 4.78 is 32.7. The molecule has 2 heterocycles. The van der Waals surface area contributed by atoms with E-state index in [4.69, 9.17) is 28.1 Å². The van der Waals surface area contributed by atoms with E-state index in [1.54, 1.807) is 18.2 Å². The van der Waals surface area contributed by atoms with Crippen molar-refractivity contribution in [2.24, 2.45) is 0 Å². The van der Waals surface area contributed by atoms with Crippen LogP contribution in [0.2, 0.25) is 0 Å². The molecule has 3 aromatic rings. The zero-order valence-electron chi connectivity index (χ0n) is 13.3. The number of rotatable bonds is 3. The minimum atomic E-state index is -0.286. The van der Waals surface area contributed by atoms with Gasteiger partial charge in [0.1, 0.15) is 21.9 Å². The van der Waals surface area contributed by atoms with Gasteiger partial charge in [-0.2, -0.15) is 0 Å². The van der Waals surface area contributed by atoms with Crippen LogP contribution in [-0.4, -0.2) is 28.1 Å². The first-order valence-electron chi connectivity index (χ1n) is 7.17. The maximum Gasteiger partial charge on any atom is 0.231 e. The Labute approximate surface area is 136 Å². The van der Waals surface area contributed by atoms with Gasteiger partial charge in [-0.3, -0.25) is 4.79 Å². The Kier molecular flexibility index (Phi) is 3.16. The molecule has 7 nitrogen and oxygen atoms in total. The Bertz CT molecular complexity index is 1020. The third-order valence-corrected chi connectivity index (χ3v) is 3.97. The van der Waals surface area contributed by atoms with Crippen molar-refractivity contribution < 1.29 is 28.1 Å². The van der Waals surface area contributed by atoms with Crippen LogP contribution in [-0.2, 0) is 0 Å². The Balaban J connectivity index is 2.22. The molecule has 0 bridgehead atoms. The van der Waals surface area contributed by atoms with Gasteiger partial charge < -0.3 is 28.1 Å². The second-order valence-electron chi connectivity index (χ2n) is 5.12. The van der Waals surface area contributed by atoms with Crippen molar-refractivity contribution in [3.8, 4) is 28.7 Å². The van der Waals surface area contributed by atoms with Crippen LogP contribution in [0.4, 0.5) is 0 Å². The molecule has 124 valence electrons. The van der Waals surface area contributed by atoms with E-state index in [1.807, 2.05) is 0 Å². The highest BCUT2D eigenvalue weighted by atomic mass is 16.7. The first kappa shape index (κ1) is 14.5. The molecule has 7 heteroatoms. The Morgan fingerprint density at radius 1 is 0.917 bits per heavy atom. The monoisotopic (exact) mass is 330 g/mol. The maximum absolute atomic E-state index is 13.1. The first-order valence-corrected chi connectivity index (χ1v) is 7.17. The van der Waals surface area contributed by atoms with Gasteiger partial charge in [-0.15, -0.1) is 0 Å². The van der Waals surface area contributed by atoms with Crippen molar-refractivity contribution in [2.45, 2.75) is 0 Å². The van der Waals surface area contributed by atoms with Gasteiger partial charge in [-0.05, 0) is 12.1 Å². The van der Waals surface area contributed by atoms with Gasteiger partial charge in [-0.25, -0.2) is 0 Å². The molecule has 0 saturated carbocycles. The van der Waals surface area contributed by atoms with Gasteiger partial charge in [0.25, 0.3) is 0 Å². The normalized spacial score (nSPS) is 12.6. The number of ether oxygens (including phenoxy) is 5. The third kappa shape index (κ3) is 1.81. The van der Waals surface area contributed by atoms with E-state index in [0.29, 0.717) is 39.6 Å². The summed E-state index contributed by atoms with van der Waals surface area (Å²) in [4.78, 5) is 13.1. The molecule has 0 fully saturated rings. The van der Waals surface area contributed by atoms with Crippen molar-refractivity contribution in [3.05, 3.63) is 28.4 Å². The van der Waals surface area contributed by atoms with Crippen molar-refractivity contribution in [3.63, 3.8) is 0 Å². The number of hydrogen-bond acceptors (Lipinski definition) is 7. The minimum absolute atomic E-state index is 0.0645. The van der Waals surface area contributed by atoms with Crippen molar-refractivity contribution in [1.29, 1.82) is 0 Å². The largest absolute Gasteiger partial charge is 0.493 e. The Morgan fingerprint density at radius 3 is 2.42 bits per heavy atom. The average molecular weight is 330 g/mol. The van der Waals surface area contributed by atoms with Crippen LogP contribution in [0, 0.1) is 0 Å². The lowest BCUT2D eigenvalue weighted by atomic mass is 10.1. The zero-order valence-corrected chi connectivity index (χ0v) is 13.3. The number of benzene rings is 2. The van der Waals surface area contributed by atoms with Crippen LogP contribution in [0.3, 0.4) is 0 Å². The first-order chi connectivity index (χ1) is 11.7. The molecule has 0 aliphatic carbocycles. The molecule has 0 unspecified atom stereocenters. The zero-order chi connectivity index (χ0) is 16.8. The van der Waals surface area contributed by atoms with Crippen molar-refractivity contribution in [1.82, 2.24) is 0 Å². The highest BCUT2D eigenvalue weighted by Gasteiger charge is 2.25. The Morgan fingerprint density at radius 2 is 1.71 bits per heavy atom. The van der Waals surface area contributed by atoms with E-state index in [1.165, 1.54) is 21.3 Å². The van der Waals surface area contributed by atoms with Gasteiger partial charge in [-0.1, -0.05) is 0 Å². The van der Waals surface area contributed by atoms with E-state index in [9.17, 15) is 4.79 Å². The molecule has 0 amide bonds. The quantitative estimate of drug-likeness (QED) is 0.683. The number of hydrogen-bond donors (Lipinski definition) is 0. The van der Waals surface area contributed by atoms with Gasteiger partial charge in [0.2, 0.25) is 18.0 Å². The van der Waals surface area contributed by atoms with Crippen LogP contribution in [0.1, 0.15) is 0 Å². The molecule has 0 radical (unpaired) electrons. The van der Waals surface area contributed by atoms with Crippen LogP contribution in [0.15, 0.2) is 27.4 Å². The predicted octanol–water partition coefficient (Wildman–Crippen LogP) is 2.70. The minimum Gasteiger partial charge on any atom is -0.493 e. The van der Waals surface area contributed by atoms with Gasteiger partial charge >= 0.3 is 0 Å². The fourth-order valence-corrected chi connectivity index (χ4v) is 2.93. The van der Waals surface area contributed by atoms with Crippen LogP contribution in [0.25, 0.3) is 21.9 Å². The standard InChI is InChI=1S/C17H14O7/c1-19-11-6-10-13(17(21-3)16(11)20-2)14(18)12-8(24-10)4-5-9-15(12)23-7-22-9/h4-6H,7H2,1-3H3. The molecule has 2 aromatic carbocycles. The lowest BCUT2D eigenvalue weighted by Crippen LogP contribution is -2.07. The van der Waals surface area contributed by atoms with Crippen molar-refractivity contribution >= 4 is 21.9 Å². The average Bonchev–Trinajstić information content (AvgIpc) is 3.08. The predicted molar refractivity (Wildman–Crippen MR) is 85.8 cm³/mol. The van der Waals surface area contributed by atoms with Crippen LogP contribution >= 0.6 is 0 Å². The summed E-state index contributed by atoms with van der Waals surface area (Å²) in [6.45, 7) is 0.0645. The molecule has 0 N–H and O–H groups in total. The van der Waals surface area contributed by atoms with Crippen LogP contribution < -0.4 is 29.1 Å². The molecule has 0 saturated heterocycles. The Hall–Kier alpha value is -3.09. The van der Waals surface area contributed by atoms with E-state index in [2.05, 4.69) is 0 Å². The molecule has 24 heavy (non-hydrogen) atoms. The highest BCUT2D eigenvalue weighted by molar-refractivity contribution is 5.99. The molecule has 0 spiro atoms. The van der Waals surface area contributed by atoms with E-state index < -0.39 is 0 Å². The molecule has 1 aromatic heterocycles. The van der Waals surface area contributed by atoms with E-state index in [-0.39, 0.29) is 23.4 Å². The second kappa shape index (κ2) is 5.23. The van der Waals surface area contributed by atoms with Crippen molar-refractivity contribution in [2.75, 3.05) is 28.1 Å².